The van der Waals surface area contributed by atoms with Gasteiger partial charge in [0, 0.05) is 18.2 Å². The molecule has 1 unspecified atom stereocenters. The second-order valence-corrected chi connectivity index (χ2v) is 5.25. The fourth-order valence-electron chi connectivity index (χ4n) is 2.66. The minimum absolute atomic E-state index is 0.586. The monoisotopic (exact) mass is 234 g/mol. The molecule has 1 aliphatic rings. The van der Waals surface area contributed by atoms with Crippen LogP contribution in [0.1, 0.15) is 38.1 Å². The SMILES string of the molecule is Cc1nc(N)c(C)c(N2CCCC2C(C)C)n1. The molecule has 0 saturated carbocycles. The number of aromatic nitrogens is 2. The first-order chi connectivity index (χ1) is 8.00. The molecule has 17 heavy (non-hydrogen) atoms. The molecule has 2 heterocycles. The Morgan fingerprint density at radius 1 is 1.29 bits per heavy atom. The van der Waals surface area contributed by atoms with Crippen molar-refractivity contribution in [3.8, 4) is 0 Å². The normalized spacial score (nSPS) is 20.3. The Kier molecular flexibility index (Phi) is 3.22. The molecule has 0 aliphatic carbocycles. The summed E-state index contributed by atoms with van der Waals surface area (Å²) in [6.07, 6.45) is 2.49. The van der Waals surface area contributed by atoms with Crippen molar-refractivity contribution >= 4 is 11.6 Å². The molecule has 1 aromatic heterocycles. The van der Waals surface area contributed by atoms with Crippen molar-refractivity contribution in [2.45, 2.75) is 46.6 Å². The van der Waals surface area contributed by atoms with Gasteiger partial charge in [-0.05, 0) is 32.6 Å². The minimum atomic E-state index is 0.586. The molecule has 0 aromatic carbocycles. The van der Waals surface area contributed by atoms with Gasteiger partial charge in [-0.25, -0.2) is 9.97 Å². The van der Waals surface area contributed by atoms with Gasteiger partial charge < -0.3 is 10.6 Å². The van der Waals surface area contributed by atoms with Gasteiger partial charge in [-0.2, -0.15) is 0 Å². The zero-order valence-electron chi connectivity index (χ0n) is 11.2. The molecule has 0 spiro atoms. The molecule has 0 bridgehead atoms. The predicted octanol–water partition coefficient (Wildman–Crippen LogP) is 2.30. The maximum atomic E-state index is 5.93. The average molecular weight is 234 g/mol. The second-order valence-electron chi connectivity index (χ2n) is 5.25. The Labute approximate surface area is 103 Å². The van der Waals surface area contributed by atoms with E-state index in [1.165, 1.54) is 12.8 Å². The van der Waals surface area contributed by atoms with Gasteiger partial charge in [0.15, 0.2) is 0 Å². The van der Waals surface area contributed by atoms with Crippen LogP contribution in [-0.2, 0) is 0 Å². The molecule has 1 aromatic rings. The van der Waals surface area contributed by atoms with Gasteiger partial charge in [0.25, 0.3) is 0 Å². The lowest BCUT2D eigenvalue weighted by molar-refractivity contribution is 0.489. The number of nitrogens with two attached hydrogens (primary N) is 1. The first-order valence-electron chi connectivity index (χ1n) is 6.38. The molecule has 0 amide bonds. The number of nitrogen functional groups attached to an aromatic ring is 1. The highest BCUT2D eigenvalue weighted by Gasteiger charge is 2.29. The van der Waals surface area contributed by atoms with Crippen LogP contribution in [0.5, 0.6) is 0 Å². The highest BCUT2D eigenvalue weighted by Crippen LogP contribution is 2.31. The van der Waals surface area contributed by atoms with Gasteiger partial charge in [0.1, 0.15) is 17.5 Å². The Balaban J connectivity index is 2.39. The number of aryl methyl sites for hydroxylation is 1. The third-order valence-electron chi connectivity index (χ3n) is 3.61. The van der Waals surface area contributed by atoms with Gasteiger partial charge in [0.2, 0.25) is 0 Å². The van der Waals surface area contributed by atoms with Crippen molar-refractivity contribution in [3.05, 3.63) is 11.4 Å². The van der Waals surface area contributed by atoms with E-state index in [4.69, 9.17) is 5.73 Å². The van der Waals surface area contributed by atoms with Gasteiger partial charge in [-0.15, -0.1) is 0 Å². The molecule has 2 N–H and O–H groups in total. The average Bonchev–Trinajstić information content (AvgIpc) is 2.72. The quantitative estimate of drug-likeness (QED) is 0.853. The zero-order chi connectivity index (χ0) is 12.6. The Bertz CT molecular complexity index is 414. The lowest BCUT2D eigenvalue weighted by Crippen LogP contribution is -2.34. The van der Waals surface area contributed by atoms with Crippen molar-refractivity contribution in [2.24, 2.45) is 5.92 Å². The number of hydrogen-bond donors (Lipinski definition) is 1. The number of rotatable bonds is 2. The van der Waals surface area contributed by atoms with E-state index in [0.29, 0.717) is 17.8 Å². The molecule has 4 heteroatoms. The van der Waals surface area contributed by atoms with E-state index in [1.807, 2.05) is 13.8 Å². The molecule has 0 radical (unpaired) electrons. The smallest absolute Gasteiger partial charge is 0.137 e. The summed E-state index contributed by atoms with van der Waals surface area (Å²) in [5.74, 6) is 3.05. The van der Waals surface area contributed by atoms with Crippen LogP contribution in [0.15, 0.2) is 0 Å². The summed E-state index contributed by atoms with van der Waals surface area (Å²) in [4.78, 5) is 11.2. The fourth-order valence-corrected chi connectivity index (χ4v) is 2.66. The molecule has 1 fully saturated rings. The molecule has 2 rings (SSSR count). The molecule has 94 valence electrons. The van der Waals surface area contributed by atoms with Crippen LogP contribution >= 0.6 is 0 Å². The van der Waals surface area contributed by atoms with Crippen molar-refractivity contribution in [3.63, 3.8) is 0 Å². The van der Waals surface area contributed by atoms with Crippen molar-refractivity contribution in [1.82, 2.24) is 9.97 Å². The molecule has 1 saturated heterocycles. The van der Waals surface area contributed by atoms with Crippen LogP contribution in [0.4, 0.5) is 11.6 Å². The summed E-state index contributed by atoms with van der Waals surface area (Å²) in [5, 5.41) is 0. The van der Waals surface area contributed by atoms with E-state index >= 15 is 0 Å². The van der Waals surface area contributed by atoms with Crippen molar-refractivity contribution in [1.29, 1.82) is 0 Å². The number of hydrogen-bond acceptors (Lipinski definition) is 4. The lowest BCUT2D eigenvalue weighted by atomic mass is 10.0. The van der Waals surface area contributed by atoms with E-state index in [0.717, 1.165) is 23.8 Å². The van der Waals surface area contributed by atoms with E-state index in [9.17, 15) is 0 Å². The van der Waals surface area contributed by atoms with Crippen LogP contribution < -0.4 is 10.6 Å². The van der Waals surface area contributed by atoms with Crippen LogP contribution in [0.2, 0.25) is 0 Å². The topological polar surface area (TPSA) is 55.0 Å². The fraction of sp³-hybridized carbons (Fsp3) is 0.692. The lowest BCUT2D eigenvalue weighted by Gasteiger charge is -2.30. The summed E-state index contributed by atoms with van der Waals surface area (Å²) >= 11 is 0. The van der Waals surface area contributed by atoms with Crippen LogP contribution in [-0.4, -0.2) is 22.6 Å². The summed E-state index contributed by atoms with van der Waals surface area (Å²) in [7, 11) is 0. The Morgan fingerprint density at radius 3 is 2.65 bits per heavy atom. The zero-order valence-corrected chi connectivity index (χ0v) is 11.2. The standard InChI is InChI=1S/C13H22N4/c1-8(2)11-6-5-7-17(11)13-9(3)12(14)15-10(4)16-13/h8,11H,5-7H2,1-4H3,(H2,14,15,16). The summed E-state index contributed by atoms with van der Waals surface area (Å²) < 4.78 is 0. The van der Waals surface area contributed by atoms with Gasteiger partial charge in [0.05, 0.1) is 0 Å². The van der Waals surface area contributed by atoms with E-state index < -0.39 is 0 Å². The Morgan fingerprint density at radius 2 is 2.00 bits per heavy atom. The maximum absolute atomic E-state index is 5.93. The first-order valence-corrected chi connectivity index (χ1v) is 6.38. The first kappa shape index (κ1) is 12.1. The van der Waals surface area contributed by atoms with Crippen molar-refractivity contribution < 1.29 is 0 Å². The minimum Gasteiger partial charge on any atom is -0.383 e. The van der Waals surface area contributed by atoms with E-state index in [1.54, 1.807) is 0 Å². The third-order valence-corrected chi connectivity index (χ3v) is 3.61. The highest BCUT2D eigenvalue weighted by atomic mass is 15.2. The number of anilines is 2. The summed E-state index contributed by atoms with van der Waals surface area (Å²) in [5.41, 5.74) is 6.95. The van der Waals surface area contributed by atoms with Crippen LogP contribution in [0.3, 0.4) is 0 Å². The largest absolute Gasteiger partial charge is 0.383 e. The molecule has 1 aliphatic heterocycles. The number of nitrogens with zero attached hydrogens (tertiary/aromatic N) is 3. The van der Waals surface area contributed by atoms with Crippen LogP contribution in [0, 0.1) is 19.8 Å². The highest BCUT2D eigenvalue weighted by molar-refractivity contribution is 5.57. The summed E-state index contributed by atoms with van der Waals surface area (Å²) in [6, 6.07) is 0.586. The van der Waals surface area contributed by atoms with Gasteiger partial charge >= 0.3 is 0 Å². The van der Waals surface area contributed by atoms with Gasteiger partial charge in [-0.1, -0.05) is 13.8 Å². The van der Waals surface area contributed by atoms with E-state index in [2.05, 4.69) is 28.7 Å². The van der Waals surface area contributed by atoms with Crippen LogP contribution in [0.25, 0.3) is 0 Å². The summed E-state index contributed by atoms with van der Waals surface area (Å²) in [6.45, 7) is 9.55. The van der Waals surface area contributed by atoms with Crippen molar-refractivity contribution in [2.75, 3.05) is 17.2 Å². The molecular formula is C13H22N4. The maximum Gasteiger partial charge on any atom is 0.137 e. The third kappa shape index (κ3) is 2.21. The second kappa shape index (κ2) is 4.51. The Hall–Kier alpha value is -1.32. The molecule has 4 nitrogen and oxygen atoms in total. The predicted molar refractivity (Wildman–Crippen MR) is 71.1 cm³/mol. The molecular weight excluding hydrogens is 212 g/mol. The van der Waals surface area contributed by atoms with Gasteiger partial charge in [-0.3, -0.25) is 0 Å². The van der Waals surface area contributed by atoms with E-state index in [-0.39, 0.29) is 0 Å². The molecule has 1 atom stereocenters.